The van der Waals surface area contributed by atoms with Gasteiger partial charge in [-0.1, -0.05) is 38.3 Å². The normalized spacial score (nSPS) is 11.6. The lowest BCUT2D eigenvalue weighted by Crippen LogP contribution is -2.15. The summed E-state index contributed by atoms with van der Waals surface area (Å²) < 4.78 is 5.96. The Morgan fingerprint density at radius 1 is 1.16 bits per heavy atom. The molecular weight excluding hydrogens is 400 g/mol. The number of hydrogen-bond donors (Lipinski definition) is 2. The van der Waals surface area contributed by atoms with E-state index in [4.69, 9.17) is 9.84 Å². The van der Waals surface area contributed by atoms with Gasteiger partial charge in [-0.25, -0.2) is 4.79 Å². The number of amides is 1. The van der Waals surface area contributed by atoms with E-state index in [-0.39, 0.29) is 34.6 Å². The van der Waals surface area contributed by atoms with Crippen LogP contribution in [0.3, 0.4) is 0 Å². The number of carbonyl (C=O) groups excluding carboxylic acids is 1. The molecule has 0 heterocycles. The summed E-state index contributed by atoms with van der Waals surface area (Å²) in [6.45, 7) is 5.38. The molecule has 0 bridgehead atoms. The van der Waals surface area contributed by atoms with Gasteiger partial charge in [0.25, 0.3) is 5.69 Å². The smallest absolute Gasteiger partial charge is 0.335 e. The van der Waals surface area contributed by atoms with Crippen molar-refractivity contribution in [3.8, 4) is 16.9 Å². The molecule has 1 amide bonds. The highest BCUT2D eigenvalue weighted by Gasteiger charge is 2.22. The summed E-state index contributed by atoms with van der Waals surface area (Å²) >= 11 is 0. The molecule has 0 radical (unpaired) electrons. The number of hydrogen-bond acceptors (Lipinski definition) is 5. The minimum absolute atomic E-state index is 0.0744. The zero-order chi connectivity index (χ0) is 23.0. The van der Waals surface area contributed by atoms with Crippen molar-refractivity contribution < 1.29 is 24.4 Å². The van der Waals surface area contributed by atoms with Crippen molar-refractivity contribution in [2.75, 3.05) is 5.32 Å². The third-order valence-corrected chi connectivity index (χ3v) is 4.84. The molecule has 0 aliphatic heterocycles. The largest absolute Gasteiger partial charge is 0.488 e. The highest BCUT2D eigenvalue weighted by molar-refractivity contribution is 5.93. The zero-order valence-electron chi connectivity index (χ0n) is 18.0. The van der Waals surface area contributed by atoms with Crippen molar-refractivity contribution in [2.24, 2.45) is 0 Å². The Morgan fingerprint density at radius 3 is 2.39 bits per heavy atom. The topological polar surface area (TPSA) is 119 Å². The second-order valence-corrected chi connectivity index (χ2v) is 7.46. The summed E-state index contributed by atoms with van der Waals surface area (Å²) in [7, 11) is 0. The minimum atomic E-state index is -1.09. The van der Waals surface area contributed by atoms with E-state index in [1.807, 2.05) is 6.92 Å². The van der Waals surface area contributed by atoms with Gasteiger partial charge in [-0.3, -0.25) is 14.9 Å². The summed E-state index contributed by atoms with van der Waals surface area (Å²) in [5, 5.41) is 23.5. The van der Waals surface area contributed by atoms with Gasteiger partial charge < -0.3 is 15.2 Å². The number of anilines is 1. The number of carboxylic acid groups (broad SMARTS) is 1. The molecule has 2 rings (SSSR count). The van der Waals surface area contributed by atoms with Gasteiger partial charge >= 0.3 is 5.97 Å². The van der Waals surface area contributed by atoms with Crippen molar-refractivity contribution in [3.63, 3.8) is 0 Å². The number of nitro groups is 1. The number of nitro benzene ring substituents is 1. The first-order valence-corrected chi connectivity index (χ1v) is 10.3. The van der Waals surface area contributed by atoms with Gasteiger partial charge in [-0.05, 0) is 43.5 Å². The van der Waals surface area contributed by atoms with Crippen molar-refractivity contribution in [3.05, 3.63) is 52.1 Å². The van der Waals surface area contributed by atoms with Gasteiger partial charge in [-0.2, -0.15) is 0 Å². The van der Waals surface area contributed by atoms with E-state index >= 15 is 0 Å². The van der Waals surface area contributed by atoms with E-state index in [1.54, 1.807) is 0 Å². The molecule has 0 saturated carbocycles. The minimum Gasteiger partial charge on any atom is -0.488 e. The first-order valence-electron chi connectivity index (χ1n) is 10.3. The average Bonchev–Trinajstić information content (AvgIpc) is 2.71. The Morgan fingerprint density at radius 2 is 1.84 bits per heavy atom. The summed E-state index contributed by atoms with van der Waals surface area (Å²) in [5.74, 6) is -1.19. The third kappa shape index (κ3) is 6.80. The number of nitrogens with one attached hydrogen (secondary N) is 1. The van der Waals surface area contributed by atoms with Crippen molar-refractivity contribution >= 4 is 23.3 Å². The lowest BCUT2D eigenvalue weighted by Gasteiger charge is -2.19. The molecular formula is C23H28N2O6. The SMILES string of the molecule is CCCCCCC(C)Oc1cc([N+](=O)[O-])c(-c2ccc(C(=O)O)cc2)cc1NC(C)=O. The van der Waals surface area contributed by atoms with Crippen LogP contribution in [0, 0.1) is 10.1 Å². The Kier molecular flexibility index (Phi) is 8.54. The van der Waals surface area contributed by atoms with Crippen LogP contribution in [0.4, 0.5) is 11.4 Å². The van der Waals surface area contributed by atoms with Crippen LogP contribution < -0.4 is 10.1 Å². The Hall–Kier alpha value is -3.42. The van der Waals surface area contributed by atoms with Gasteiger partial charge in [0.15, 0.2) is 0 Å². The van der Waals surface area contributed by atoms with Gasteiger partial charge in [0.05, 0.1) is 33.9 Å². The van der Waals surface area contributed by atoms with E-state index in [2.05, 4.69) is 12.2 Å². The number of rotatable bonds is 11. The molecule has 0 aromatic heterocycles. The highest BCUT2D eigenvalue weighted by atomic mass is 16.6. The highest BCUT2D eigenvalue weighted by Crippen LogP contribution is 2.39. The summed E-state index contributed by atoms with van der Waals surface area (Å²) in [6, 6.07) is 8.56. The Bertz CT molecular complexity index is 940. The average molecular weight is 428 g/mol. The van der Waals surface area contributed by atoms with Crippen LogP contribution in [0.2, 0.25) is 0 Å². The molecule has 0 spiro atoms. The number of nitrogens with zero attached hydrogens (tertiary/aromatic N) is 1. The molecule has 2 aromatic carbocycles. The molecule has 166 valence electrons. The lowest BCUT2D eigenvalue weighted by molar-refractivity contribution is -0.384. The Labute approximate surface area is 181 Å². The van der Waals surface area contributed by atoms with E-state index in [1.165, 1.54) is 43.3 Å². The number of benzene rings is 2. The maximum Gasteiger partial charge on any atom is 0.335 e. The summed E-state index contributed by atoms with van der Waals surface area (Å²) in [4.78, 5) is 34.0. The summed E-state index contributed by atoms with van der Waals surface area (Å²) in [6.07, 6.45) is 4.97. The van der Waals surface area contributed by atoms with Crippen LogP contribution in [-0.2, 0) is 4.79 Å². The fraction of sp³-hybridized carbons (Fsp3) is 0.391. The number of carbonyl (C=O) groups is 2. The predicted octanol–water partition coefficient (Wildman–Crippen LogP) is 5.66. The molecule has 31 heavy (non-hydrogen) atoms. The maximum atomic E-state index is 11.8. The third-order valence-electron chi connectivity index (χ3n) is 4.84. The second kappa shape index (κ2) is 11.1. The second-order valence-electron chi connectivity index (χ2n) is 7.46. The van der Waals surface area contributed by atoms with E-state index in [0.717, 1.165) is 32.1 Å². The first-order chi connectivity index (χ1) is 14.7. The van der Waals surface area contributed by atoms with Gasteiger partial charge in [-0.15, -0.1) is 0 Å². The molecule has 2 aromatic rings. The standard InChI is InChI=1S/C23H28N2O6/c1-4-5-6-7-8-15(2)31-22-14-21(25(29)30)19(13-20(22)24-16(3)26)17-9-11-18(12-10-17)23(27)28/h9-15H,4-8H2,1-3H3,(H,24,26)(H,27,28). The monoisotopic (exact) mass is 428 g/mol. The molecule has 1 atom stereocenters. The van der Waals surface area contributed by atoms with Crippen molar-refractivity contribution in [1.82, 2.24) is 0 Å². The van der Waals surface area contributed by atoms with Crippen LogP contribution in [0.5, 0.6) is 5.75 Å². The van der Waals surface area contributed by atoms with Crippen LogP contribution in [-0.4, -0.2) is 28.0 Å². The molecule has 0 aliphatic rings. The molecule has 0 saturated heterocycles. The maximum absolute atomic E-state index is 11.8. The fourth-order valence-electron chi connectivity index (χ4n) is 3.26. The van der Waals surface area contributed by atoms with Gasteiger partial charge in [0.2, 0.25) is 5.91 Å². The van der Waals surface area contributed by atoms with Crippen molar-refractivity contribution in [1.29, 1.82) is 0 Å². The van der Waals surface area contributed by atoms with Gasteiger partial charge in [0, 0.05) is 6.92 Å². The van der Waals surface area contributed by atoms with Crippen LogP contribution in [0.1, 0.15) is 63.2 Å². The van der Waals surface area contributed by atoms with Crippen molar-refractivity contribution in [2.45, 2.75) is 59.0 Å². The van der Waals surface area contributed by atoms with Crippen LogP contribution in [0.15, 0.2) is 36.4 Å². The fourth-order valence-corrected chi connectivity index (χ4v) is 3.26. The molecule has 8 nitrogen and oxygen atoms in total. The van der Waals surface area contributed by atoms with Gasteiger partial charge in [0.1, 0.15) is 5.75 Å². The van der Waals surface area contributed by atoms with E-state index in [9.17, 15) is 19.7 Å². The molecule has 0 aliphatic carbocycles. The van der Waals surface area contributed by atoms with Crippen LogP contribution in [0.25, 0.3) is 11.1 Å². The molecule has 2 N–H and O–H groups in total. The number of aromatic carboxylic acids is 1. The molecule has 8 heteroatoms. The van der Waals surface area contributed by atoms with Crippen LogP contribution >= 0.6 is 0 Å². The number of carboxylic acids is 1. The molecule has 0 fully saturated rings. The molecule has 1 unspecified atom stereocenters. The van der Waals surface area contributed by atoms with E-state index < -0.39 is 10.9 Å². The first kappa shape index (κ1) is 23.9. The lowest BCUT2D eigenvalue weighted by atomic mass is 10.0. The zero-order valence-corrected chi connectivity index (χ0v) is 18.0. The quantitative estimate of drug-likeness (QED) is 0.271. The Balaban J connectivity index is 2.42. The number of ether oxygens (including phenoxy) is 1. The predicted molar refractivity (Wildman–Crippen MR) is 119 cm³/mol. The summed E-state index contributed by atoms with van der Waals surface area (Å²) in [5.41, 5.74) is 0.933. The van der Waals surface area contributed by atoms with E-state index in [0.29, 0.717) is 11.3 Å². The number of unbranched alkanes of at least 4 members (excludes halogenated alkanes) is 3.